The predicted molar refractivity (Wildman–Crippen MR) is 108 cm³/mol. The number of hydrogen-bond donors (Lipinski definition) is 0. The van der Waals surface area contributed by atoms with E-state index in [0.717, 1.165) is 34.5 Å². The van der Waals surface area contributed by atoms with E-state index in [4.69, 9.17) is 0 Å². The van der Waals surface area contributed by atoms with Crippen molar-refractivity contribution >= 4 is 21.4 Å². The van der Waals surface area contributed by atoms with Crippen molar-refractivity contribution in [3.63, 3.8) is 0 Å². The lowest BCUT2D eigenvalue weighted by Gasteiger charge is -2.33. The molecular weight excluding hydrogens is 416 g/mol. The Morgan fingerprint density at radius 1 is 1.00 bits per heavy atom. The highest BCUT2D eigenvalue weighted by Gasteiger charge is 2.31. The minimum atomic E-state index is -4.07. The molecule has 0 radical (unpaired) electrons. The highest BCUT2D eigenvalue weighted by atomic mass is 32.2. The molecule has 1 aromatic heterocycles. The van der Waals surface area contributed by atoms with E-state index in [1.807, 2.05) is 35.7 Å². The van der Waals surface area contributed by atoms with Crippen molar-refractivity contribution < 1.29 is 17.2 Å². The van der Waals surface area contributed by atoms with Crippen LogP contribution in [0.4, 0.5) is 8.78 Å². The Bertz CT molecular complexity index is 1100. The molecule has 2 heterocycles. The number of nitrogens with zero attached hydrogens (tertiary/aromatic N) is 3. The zero-order chi connectivity index (χ0) is 20.4. The molecular formula is C20H19F2N3O2S2. The van der Waals surface area contributed by atoms with E-state index in [0.29, 0.717) is 19.6 Å². The number of aromatic nitrogens is 1. The maximum atomic E-state index is 13.9. The molecule has 1 fully saturated rings. The first-order valence-electron chi connectivity index (χ1n) is 9.11. The molecule has 0 saturated carbocycles. The Morgan fingerprint density at radius 3 is 2.45 bits per heavy atom. The lowest BCUT2D eigenvalue weighted by Crippen LogP contribution is -2.48. The normalized spacial score (nSPS) is 16.2. The second-order valence-electron chi connectivity index (χ2n) is 6.76. The van der Waals surface area contributed by atoms with E-state index >= 15 is 0 Å². The van der Waals surface area contributed by atoms with E-state index in [1.54, 1.807) is 11.3 Å². The van der Waals surface area contributed by atoms with Crippen molar-refractivity contribution in [1.29, 1.82) is 0 Å². The van der Waals surface area contributed by atoms with Crippen molar-refractivity contribution in [3.8, 4) is 10.6 Å². The first-order valence-corrected chi connectivity index (χ1v) is 11.4. The van der Waals surface area contributed by atoms with Crippen molar-refractivity contribution in [2.45, 2.75) is 11.4 Å². The first kappa shape index (κ1) is 20.1. The van der Waals surface area contributed by atoms with Crippen molar-refractivity contribution in [1.82, 2.24) is 14.2 Å². The Labute approximate surface area is 172 Å². The molecule has 9 heteroatoms. The van der Waals surface area contributed by atoms with Gasteiger partial charge in [0.2, 0.25) is 10.0 Å². The molecule has 152 valence electrons. The molecule has 4 rings (SSSR count). The third kappa shape index (κ3) is 4.37. The van der Waals surface area contributed by atoms with Crippen molar-refractivity contribution in [2.75, 3.05) is 26.2 Å². The maximum Gasteiger partial charge on any atom is 0.246 e. The Kier molecular flexibility index (Phi) is 5.73. The lowest BCUT2D eigenvalue weighted by molar-refractivity contribution is 0.180. The lowest BCUT2D eigenvalue weighted by atomic mass is 10.2. The molecule has 0 spiro atoms. The number of halogens is 2. The SMILES string of the molecule is O=S(=O)(c1cc(F)ccc1F)N1CCN(Cc2csc(-c3ccccc3)n2)CC1. The number of rotatable bonds is 5. The van der Waals surface area contributed by atoms with Gasteiger partial charge in [-0.3, -0.25) is 4.90 Å². The fourth-order valence-electron chi connectivity index (χ4n) is 3.26. The quantitative estimate of drug-likeness (QED) is 0.615. The third-order valence-corrected chi connectivity index (χ3v) is 7.65. The third-order valence-electron chi connectivity index (χ3n) is 4.80. The fourth-order valence-corrected chi connectivity index (χ4v) is 5.58. The second kappa shape index (κ2) is 8.27. The van der Waals surface area contributed by atoms with Gasteiger partial charge in [-0.05, 0) is 18.2 Å². The minimum Gasteiger partial charge on any atom is -0.295 e. The van der Waals surface area contributed by atoms with Crippen LogP contribution in [0.5, 0.6) is 0 Å². The molecule has 0 N–H and O–H groups in total. The molecule has 1 saturated heterocycles. The van der Waals surface area contributed by atoms with Crippen LogP contribution in [-0.4, -0.2) is 48.8 Å². The Balaban J connectivity index is 1.40. The van der Waals surface area contributed by atoms with Crippen LogP contribution in [0.2, 0.25) is 0 Å². The topological polar surface area (TPSA) is 53.5 Å². The van der Waals surface area contributed by atoms with Crippen LogP contribution in [0.3, 0.4) is 0 Å². The molecule has 0 bridgehead atoms. The predicted octanol–water partition coefficient (Wildman–Crippen LogP) is 3.59. The summed E-state index contributed by atoms with van der Waals surface area (Å²) in [5.74, 6) is -1.72. The molecule has 1 aliphatic heterocycles. The summed E-state index contributed by atoms with van der Waals surface area (Å²) in [5.41, 5.74) is 2.00. The number of thiazole rings is 1. The second-order valence-corrected chi connectivity index (χ2v) is 9.53. The van der Waals surface area contributed by atoms with Gasteiger partial charge in [-0.25, -0.2) is 22.2 Å². The largest absolute Gasteiger partial charge is 0.295 e. The van der Waals surface area contributed by atoms with Crippen LogP contribution in [-0.2, 0) is 16.6 Å². The summed E-state index contributed by atoms with van der Waals surface area (Å²) in [6, 6.07) is 12.4. The summed E-state index contributed by atoms with van der Waals surface area (Å²) in [7, 11) is -4.07. The summed E-state index contributed by atoms with van der Waals surface area (Å²) >= 11 is 1.57. The average molecular weight is 436 g/mol. The number of piperazine rings is 1. The van der Waals surface area contributed by atoms with E-state index in [9.17, 15) is 17.2 Å². The molecule has 1 aliphatic rings. The molecule has 0 unspecified atom stereocenters. The zero-order valence-electron chi connectivity index (χ0n) is 15.5. The molecule has 3 aromatic rings. The van der Waals surface area contributed by atoms with Crippen LogP contribution in [0.1, 0.15) is 5.69 Å². The summed E-state index contributed by atoms with van der Waals surface area (Å²) in [6.07, 6.45) is 0. The highest BCUT2D eigenvalue weighted by Crippen LogP contribution is 2.25. The Hall–Kier alpha value is -2.20. The molecule has 0 amide bonds. The fraction of sp³-hybridized carbons (Fsp3) is 0.250. The van der Waals surface area contributed by atoms with Gasteiger partial charge in [-0.1, -0.05) is 30.3 Å². The van der Waals surface area contributed by atoms with Crippen LogP contribution in [0.15, 0.2) is 58.8 Å². The van der Waals surface area contributed by atoms with Gasteiger partial charge in [0.25, 0.3) is 0 Å². The minimum absolute atomic E-state index is 0.216. The van der Waals surface area contributed by atoms with Crippen LogP contribution in [0.25, 0.3) is 10.6 Å². The monoisotopic (exact) mass is 435 g/mol. The highest BCUT2D eigenvalue weighted by molar-refractivity contribution is 7.89. The molecule has 2 aromatic carbocycles. The van der Waals surface area contributed by atoms with E-state index in [-0.39, 0.29) is 13.1 Å². The summed E-state index contributed by atoms with van der Waals surface area (Å²) in [6.45, 7) is 2.04. The van der Waals surface area contributed by atoms with Crippen LogP contribution >= 0.6 is 11.3 Å². The van der Waals surface area contributed by atoms with Crippen molar-refractivity contribution in [3.05, 3.63) is 71.2 Å². The molecule has 0 aliphatic carbocycles. The van der Waals surface area contributed by atoms with E-state index in [1.165, 1.54) is 4.31 Å². The van der Waals surface area contributed by atoms with Gasteiger partial charge in [0.15, 0.2) is 0 Å². The van der Waals surface area contributed by atoms with Gasteiger partial charge >= 0.3 is 0 Å². The molecule has 0 atom stereocenters. The number of sulfonamides is 1. The smallest absolute Gasteiger partial charge is 0.246 e. The molecule has 29 heavy (non-hydrogen) atoms. The van der Waals surface area contributed by atoms with Crippen LogP contribution < -0.4 is 0 Å². The van der Waals surface area contributed by atoms with Gasteiger partial charge < -0.3 is 0 Å². The van der Waals surface area contributed by atoms with Gasteiger partial charge in [-0.2, -0.15) is 4.31 Å². The standard InChI is InChI=1S/C20H19F2N3O2S2/c21-16-6-7-18(22)19(12-16)29(26,27)25-10-8-24(9-11-25)13-17-14-28-20(23-17)15-4-2-1-3-5-15/h1-7,12,14H,8-11,13H2. The van der Waals surface area contributed by atoms with Crippen LogP contribution in [0, 0.1) is 11.6 Å². The first-order chi connectivity index (χ1) is 13.9. The number of hydrogen-bond acceptors (Lipinski definition) is 5. The zero-order valence-corrected chi connectivity index (χ0v) is 17.1. The summed E-state index contributed by atoms with van der Waals surface area (Å²) in [5, 5.41) is 2.96. The maximum absolute atomic E-state index is 13.9. The Morgan fingerprint density at radius 2 is 1.72 bits per heavy atom. The van der Waals surface area contributed by atoms with Gasteiger partial charge in [-0.15, -0.1) is 11.3 Å². The summed E-state index contributed by atoms with van der Waals surface area (Å²) in [4.78, 5) is 6.16. The molecule has 5 nitrogen and oxygen atoms in total. The van der Waals surface area contributed by atoms with Gasteiger partial charge in [0, 0.05) is 43.7 Å². The van der Waals surface area contributed by atoms with E-state index < -0.39 is 26.6 Å². The van der Waals surface area contributed by atoms with Gasteiger partial charge in [0.1, 0.15) is 21.5 Å². The average Bonchev–Trinajstić information content (AvgIpc) is 3.19. The number of benzene rings is 2. The summed E-state index contributed by atoms with van der Waals surface area (Å²) < 4.78 is 53.9. The van der Waals surface area contributed by atoms with E-state index in [2.05, 4.69) is 9.88 Å². The van der Waals surface area contributed by atoms with Crippen molar-refractivity contribution in [2.24, 2.45) is 0 Å². The van der Waals surface area contributed by atoms with Gasteiger partial charge in [0.05, 0.1) is 5.69 Å².